The van der Waals surface area contributed by atoms with Crippen molar-refractivity contribution in [2.45, 2.75) is 18.9 Å². The van der Waals surface area contributed by atoms with Crippen molar-refractivity contribution in [3.63, 3.8) is 0 Å². The van der Waals surface area contributed by atoms with Crippen LogP contribution in [0.5, 0.6) is 11.5 Å². The van der Waals surface area contributed by atoms with E-state index < -0.39 is 0 Å². The molecular formula is C19H20N2O5. The highest BCUT2D eigenvalue weighted by Gasteiger charge is 2.47. The summed E-state index contributed by atoms with van der Waals surface area (Å²) in [5.41, 5.74) is 0. The zero-order valence-electron chi connectivity index (χ0n) is 14.2. The number of nitrogens with one attached hydrogen (secondary N) is 1. The van der Waals surface area contributed by atoms with Crippen molar-refractivity contribution < 1.29 is 23.9 Å². The maximum Gasteiger partial charge on any atom is 0.240 e. The largest absolute Gasteiger partial charge is 0.486 e. The van der Waals surface area contributed by atoms with Gasteiger partial charge in [-0.05, 0) is 25.0 Å². The minimum atomic E-state index is -0.374. The second-order valence-corrected chi connectivity index (χ2v) is 6.72. The highest BCUT2D eigenvalue weighted by Crippen LogP contribution is 2.35. The van der Waals surface area contributed by atoms with E-state index in [1.165, 1.54) is 0 Å². The molecule has 3 aliphatic rings. The number of carbonyl (C=O) groups excluding carboxylic acids is 3. The Morgan fingerprint density at radius 3 is 2.42 bits per heavy atom. The molecule has 7 heteroatoms. The average Bonchev–Trinajstić information content (AvgIpc) is 2.91. The smallest absolute Gasteiger partial charge is 0.240 e. The molecule has 2 heterocycles. The van der Waals surface area contributed by atoms with Crippen LogP contribution >= 0.6 is 0 Å². The Morgan fingerprint density at radius 2 is 1.73 bits per heavy atom. The van der Waals surface area contributed by atoms with E-state index in [1.54, 1.807) is 6.07 Å². The molecule has 26 heavy (non-hydrogen) atoms. The first-order valence-corrected chi connectivity index (χ1v) is 8.79. The first kappa shape index (κ1) is 16.6. The molecule has 4 rings (SSSR count). The number of likely N-dealkylation sites (tertiary alicyclic amines) is 1. The second-order valence-electron chi connectivity index (χ2n) is 6.72. The number of fused-ring (bicyclic) bond motifs is 2. The van der Waals surface area contributed by atoms with Crippen LogP contribution in [-0.2, 0) is 14.4 Å². The molecule has 2 aliphatic heterocycles. The summed E-state index contributed by atoms with van der Waals surface area (Å²) >= 11 is 0. The van der Waals surface area contributed by atoms with Crippen molar-refractivity contribution in [3.8, 4) is 11.5 Å². The Hall–Kier alpha value is -2.83. The van der Waals surface area contributed by atoms with Crippen molar-refractivity contribution in [1.29, 1.82) is 0 Å². The van der Waals surface area contributed by atoms with Crippen LogP contribution in [0.1, 0.15) is 12.8 Å². The van der Waals surface area contributed by atoms with Crippen molar-refractivity contribution in [3.05, 3.63) is 36.4 Å². The van der Waals surface area contributed by atoms with Gasteiger partial charge in [0, 0.05) is 0 Å². The van der Waals surface area contributed by atoms with E-state index >= 15 is 0 Å². The maximum absolute atomic E-state index is 12.4. The Labute approximate surface area is 150 Å². The summed E-state index contributed by atoms with van der Waals surface area (Å²) in [6.45, 7) is 0.335. The number of rotatable bonds is 4. The van der Waals surface area contributed by atoms with Gasteiger partial charge < -0.3 is 14.8 Å². The molecule has 3 atom stereocenters. The fourth-order valence-corrected chi connectivity index (χ4v) is 3.62. The highest BCUT2D eigenvalue weighted by molar-refractivity contribution is 6.07. The summed E-state index contributed by atoms with van der Waals surface area (Å²) in [6.07, 6.45) is 4.67. The van der Waals surface area contributed by atoms with Crippen LogP contribution in [0, 0.1) is 11.8 Å². The molecule has 0 bridgehead atoms. The molecule has 1 aromatic rings. The fraction of sp³-hybridized carbons (Fsp3) is 0.421. The maximum atomic E-state index is 12.4. The standard InChI is InChI=1S/C19H20N2O5/c22-17(10-21-18(23)13-5-1-2-6-14(13)19(21)24)20-9-12-11-25-15-7-3-4-8-16(15)26-12/h1-4,7-8,12-14H,5-6,9-11H2,(H,20,22)/t12-,13-,14+/m1/s1. The van der Waals surface area contributed by atoms with Gasteiger partial charge in [-0.25, -0.2) is 0 Å². The number of carbonyl (C=O) groups is 3. The van der Waals surface area contributed by atoms with E-state index in [1.807, 2.05) is 30.4 Å². The van der Waals surface area contributed by atoms with Crippen molar-refractivity contribution >= 4 is 17.7 Å². The first-order chi connectivity index (χ1) is 12.6. The van der Waals surface area contributed by atoms with E-state index in [4.69, 9.17) is 9.47 Å². The summed E-state index contributed by atoms with van der Waals surface area (Å²) in [4.78, 5) is 38.1. The highest BCUT2D eigenvalue weighted by atomic mass is 16.6. The topological polar surface area (TPSA) is 84.9 Å². The molecule has 0 unspecified atom stereocenters. The number of hydrogen-bond donors (Lipinski definition) is 1. The quantitative estimate of drug-likeness (QED) is 0.640. The number of benzene rings is 1. The average molecular weight is 356 g/mol. The summed E-state index contributed by atoms with van der Waals surface area (Å²) in [6, 6.07) is 7.34. The number of allylic oxidation sites excluding steroid dienone is 2. The van der Waals surface area contributed by atoms with Crippen LogP contribution in [0.25, 0.3) is 0 Å². The Morgan fingerprint density at radius 1 is 1.08 bits per heavy atom. The van der Waals surface area contributed by atoms with Gasteiger partial charge in [0.15, 0.2) is 11.5 Å². The molecule has 0 saturated carbocycles. The van der Waals surface area contributed by atoms with Gasteiger partial charge in [-0.15, -0.1) is 0 Å². The molecule has 0 spiro atoms. The van der Waals surface area contributed by atoms with Crippen LogP contribution < -0.4 is 14.8 Å². The van der Waals surface area contributed by atoms with E-state index in [2.05, 4.69) is 5.32 Å². The summed E-state index contributed by atoms with van der Waals surface area (Å²) in [5, 5.41) is 2.73. The number of nitrogens with zero attached hydrogens (tertiary/aromatic N) is 1. The molecule has 1 N–H and O–H groups in total. The lowest BCUT2D eigenvalue weighted by molar-refractivity contribution is -0.143. The van der Waals surface area contributed by atoms with Crippen LogP contribution in [-0.4, -0.2) is 48.4 Å². The van der Waals surface area contributed by atoms with Gasteiger partial charge in [0.25, 0.3) is 0 Å². The lowest BCUT2D eigenvalue weighted by atomic mass is 9.85. The van der Waals surface area contributed by atoms with E-state index in [9.17, 15) is 14.4 Å². The molecule has 1 fully saturated rings. The number of imide groups is 1. The molecule has 136 valence electrons. The van der Waals surface area contributed by atoms with Crippen molar-refractivity contribution in [1.82, 2.24) is 10.2 Å². The molecule has 1 aromatic carbocycles. The van der Waals surface area contributed by atoms with E-state index in [-0.39, 0.29) is 48.8 Å². The minimum absolute atomic E-state index is 0.241. The van der Waals surface area contributed by atoms with Gasteiger partial charge in [-0.2, -0.15) is 0 Å². The molecule has 0 radical (unpaired) electrons. The molecule has 7 nitrogen and oxygen atoms in total. The zero-order chi connectivity index (χ0) is 18.1. The summed E-state index contributed by atoms with van der Waals surface area (Å²) < 4.78 is 11.4. The summed E-state index contributed by atoms with van der Waals surface area (Å²) in [5.74, 6) is -0.171. The predicted octanol–water partition coefficient (Wildman–Crippen LogP) is 0.894. The number of amides is 3. The third-order valence-corrected chi connectivity index (χ3v) is 5.00. The van der Waals surface area contributed by atoms with Crippen LogP contribution in [0.3, 0.4) is 0 Å². The fourth-order valence-electron chi connectivity index (χ4n) is 3.62. The Kier molecular flexibility index (Phi) is 4.36. The first-order valence-electron chi connectivity index (χ1n) is 8.79. The van der Waals surface area contributed by atoms with Crippen molar-refractivity contribution in [2.75, 3.05) is 19.7 Å². The van der Waals surface area contributed by atoms with Gasteiger partial charge in [0.2, 0.25) is 17.7 Å². The van der Waals surface area contributed by atoms with Crippen LogP contribution in [0.15, 0.2) is 36.4 Å². The molecule has 3 amide bonds. The SMILES string of the molecule is O=C(CN1C(=O)[C@H]2CC=CC[C@H]2C1=O)NC[C@@H]1COc2ccccc2O1. The number of para-hydroxylation sites is 2. The molecule has 1 aliphatic carbocycles. The van der Waals surface area contributed by atoms with Crippen molar-refractivity contribution in [2.24, 2.45) is 11.8 Å². The van der Waals surface area contributed by atoms with Gasteiger partial charge in [0.1, 0.15) is 19.3 Å². The number of hydrogen-bond acceptors (Lipinski definition) is 5. The Bertz CT molecular complexity index is 749. The van der Waals surface area contributed by atoms with Gasteiger partial charge in [-0.1, -0.05) is 24.3 Å². The minimum Gasteiger partial charge on any atom is -0.486 e. The van der Waals surface area contributed by atoms with E-state index in [0.717, 1.165) is 4.90 Å². The van der Waals surface area contributed by atoms with Gasteiger partial charge in [0.05, 0.1) is 18.4 Å². The number of ether oxygens (including phenoxy) is 2. The second kappa shape index (κ2) is 6.82. The van der Waals surface area contributed by atoms with E-state index in [0.29, 0.717) is 30.9 Å². The predicted molar refractivity (Wildman–Crippen MR) is 91.4 cm³/mol. The Balaban J connectivity index is 1.30. The van der Waals surface area contributed by atoms with Gasteiger partial charge in [-0.3, -0.25) is 19.3 Å². The monoisotopic (exact) mass is 356 g/mol. The molecular weight excluding hydrogens is 336 g/mol. The third-order valence-electron chi connectivity index (χ3n) is 5.00. The third kappa shape index (κ3) is 3.05. The molecule has 0 aromatic heterocycles. The normalized spacial score (nSPS) is 26.6. The lowest BCUT2D eigenvalue weighted by Crippen LogP contribution is -2.45. The van der Waals surface area contributed by atoms with Crippen LogP contribution in [0.4, 0.5) is 0 Å². The van der Waals surface area contributed by atoms with Crippen LogP contribution in [0.2, 0.25) is 0 Å². The zero-order valence-corrected chi connectivity index (χ0v) is 14.2. The van der Waals surface area contributed by atoms with Gasteiger partial charge >= 0.3 is 0 Å². The lowest BCUT2D eigenvalue weighted by Gasteiger charge is -2.26. The molecule has 1 saturated heterocycles. The summed E-state index contributed by atoms with van der Waals surface area (Å²) in [7, 11) is 0.